The third-order valence-corrected chi connectivity index (χ3v) is 2.87. The molecule has 0 saturated heterocycles. The molecule has 0 aliphatic heterocycles. The Bertz CT molecular complexity index is 278. The number of nitrogens with zero attached hydrogens (tertiary/aromatic N) is 2. The van der Waals surface area contributed by atoms with E-state index in [-0.39, 0.29) is 0 Å². The summed E-state index contributed by atoms with van der Waals surface area (Å²) in [5.74, 6) is 1.39. The average Bonchev–Trinajstić information content (AvgIpc) is 2.58. The fourth-order valence-corrected chi connectivity index (χ4v) is 2.00. The van der Waals surface area contributed by atoms with Crippen LogP contribution in [0.3, 0.4) is 0 Å². The van der Waals surface area contributed by atoms with E-state index in [0.29, 0.717) is 5.92 Å². The minimum Gasteiger partial charge on any atom is -0.330 e. The second-order valence-corrected chi connectivity index (χ2v) is 4.72. The molecule has 3 nitrogen and oxygen atoms in total. The second-order valence-electron chi connectivity index (χ2n) is 4.72. The van der Waals surface area contributed by atoms with Crippen molar-refractivity contribution < 1.29 is 0 Å². The first-order valence-corrected chi connectivity index (χ1v) is 5.80. The van der Waals surface area contributed by atoms with Gasteiger partial charge < -0.3 is 5.73 Å². The van der Waals surface area contributed by atoms with Gasteiger partial charge in [0.25, 0.3) is 0 Å². The summed E-state index contributed by atoms with van der Waals surface area (Å²) in [5.41, 5.74) is 7.08. The Morgan fingerprint density at radius 1 is 1.47 bits per heavy atom. The summed E-state index contributed by atoms with van der Waals surface area (Å²) in [5, 5.41) is 4.17. The zero-order chi connectivity index (χ0) is 11.3. The van der Waals surface area contributed by atoms with E-state index in [2.05, 4.69) is 25.0 Å². The minimum absolute atomic E-state index is 0.653. The molecule has 1 unspecified atom stereocenters. The van der Waals surface area contributed by atoms with Gasteiger partial charge in [-0.25, -0.2) is 0 Å². The van der Waals surface area contributed by atoms with Crippen LogP contribution in [0.4, 0.5) is 0 Å². The Kier molecular flexibility index (Phi) is 4.82. The number of aryl methyl sites for hydroxylation is 2. The molecule has 1 rings (SSSR count). The van der Waals surface area contributed by atoms with Gasteiger partial charge in [-0.1, -0.05) is 13.8 Å². The van der Waals surface area contributed by atoms with E-state index >= 15 is 0 Å². The Labute approximate surface area is 92.7 Å². The van der Waals surface area contributed by atoms with E-state index in [9.17, 15) is 0 Å². The number of aromatic nitrogens is 2. The lowest BCUT2D eigenvalue weighted by molar-refractivity contribution is 0.391. The van der Waals surface area contributed by atoms with Crippen molar-refractivity contribution >= 4 is 0 Å². The molecule has 0 spiro atoms. The fourth-order valence-electron chi connectivity index (χ4n) is 2.00. The molecule has 1 aromatic heterocycles. The first-order chi connectivity index (χ1) is 7.13. The average molecular weight is 209 g/mol. The lowest BCUT2D eigenvalue weighted by Gasteiger charge is -2.16. The summed E-state index contributed by atoms with van der Waals surface area (Å²) in [4.78, 5) is 0. The van der Waals surface area contributed by atoms with Crippen LogP contribution in [0.2, 0.25) is 0 Å². The van der Waals surface area contributed by atoms with E-state index in [0.717, 1.165) is 18.9 Å². The highest BCUT2D eigenvalue weighted by Crippen LogP contribution is 2.16. The molecule has 0 radical (unpaired) electrons. The highest BCUT2D eigenvalue weighted by molar-refractivity contribution is 5.00. The second kappa shape index (κ2) is 5.91. The van der Waals surface area contributed by atoms with Crippen LogP contribution in [0.1, 0.15) is 32.4 Å². The summed E-state index contributed by atoms with van der Waals surface area (Å²) in [7, 11) is 2.00. The molecule has 2 N–H and O–H groups in total. The van der Waals surface area contributed by atoms with Crippen LogP contribution in [-0.2, 0) is 13.5 Å². The monoisotopic (exact) mass is 209 g/mol. The lowest BCUT2D eigenvalue weighted by atomic mass is 9.92. The molecule has 1 heterocycles. The molecule has 0 saturated carbocycles. The number of hydrogen-bond donors (Lipinski definition) is 1. The highest BCUT2D eigenvalue weighted by Gasteiger charge is 2.10. The Hall–Kier alpha value is -0.830. The Morgan fingerprint density at radius 2 is 2.20 bits per heavy atom. The van der Waals surface area contributed by atoms with Gasteiger partial charge in [0, 0.05) is 18.9 Å². The Balaban J connectivity index is 2.37. The normalized spacial score (nSPS) is 13.4. The van der Waals surface area contributed by atoms with E-state index < -0.39 is 0 Å². The number of hydrogen-bond acceptors (Lipinski definition) is 2. The maximum atomic E-state index is 5.78. The molecule has 0 aromatic carbocycles. The van der Waals surface area contributed by atoms with Gasteiger partial charge in [0.15, 0.2) is 0 Å². The number of rotatable bonds is 6. The molecule has 15 heavy (non-hydrogen) atoms. The van der Waals surface area contributed by atoms with Crippen molar-refractivity contribution in [2.45, 2.75) is 33.1 Å². The van der Waals surface area contributed by atoms with Crippen molar-refractivity contribution in [3.63, 3.8) is 0 Å². The molecule has 86 valence electrons. The van der Waals surface area contributed by atoms with Crippen molar-refractivity contribution in [1.29, 1.82) is 0 Å². The maximum absolute atomic E-state index is 5.78. The maximum Gasteiger partial charge on any atom is 0.0492 e. The van der Waals surface area contributed by atoms with Gasteiger partial charge in [-0.15, -0.1) is 0 Å². The van der Waals surface area contributed by atoms with Crippen LogP contribution in [-0.4, -0.2) is 16.3 Å². The Morgan fingerprint density at radius 3 is 2.67 bits per heavy atom. The SMILES string of the molecule is CC(C)CC(CN)CCc1ccnn1C. The van der Waals surface area contributed by atoms with Crippen LogP contribution < -0.4 is 5.73 Å². The van der Waals surface area contributed by atoms with Gasteiger partial charge in [-0.05, 0) is 43.7 Å². The minimum atomic E-state index is 0.653. The van der Waals surface area contributed by atoms with Gasteiger partial charge in [0.1, 0.15) is 0 Å². The van der Waals surface area contributed by atoms with Crippen LogP contribution in [0.25, 0.3) is 0 Å². The molecular formula is C12H23N3. The van der Waals surface area contributed by atoms with Crippen molar-refractivity contribution in [2.24, 2.45) is 24.6 Å². The van der Waals surface area contributed by atoms with Crippen LogP contribution >= 0.6 is 0 Å². The quantitative estimate of drug-likeness (QED) is 0.778. The zero-order valence-corrected chi connectivity index (χ0v) is 10.1. The summed E-state index contributed by atoms with van der Waals surface area (Å²) >= 11 is 0. The first-order valence-electron chi connectivity index (χ1n) is 5.80. The van der Waals surface area contributed by atoms with E-state index in [4.69, 9.17) is 5.73 Å². The topological polar surface area (TPSA) is 43.8 Å². The summed E-state index contributed by atoms with van der Waals surface area (Å²) in [6.45, 7) is 5.31. The van der Waals surface area contributed by atoms with Crippen molar-refractivity contribution in [3.8, 4) is 0 Å². The third-order valence-electron chi connectivity index (χ3n) is 2.87. The predicted molar refractivity (Wildman–Crippen MR) is 63.5 cm³/mol. The molecule has 0 aliphatic rings. The van der Waals surface area contributed by atoms with Crippen molar-refractivity contribution in [2.75, 3.05) is 6.54 Å². The van der Waals surface area contributed by atoms with Gasteiger partial charge in [-0.3, -0.25) is 4.68 Å². The predicted octanol–water partition coefficient (Wildman–Crippen LogP) is 1.97. The molecule has 1 aromatic rings. The fraction of sp³-hybridized carbons (Fsp3) is 0.750. The molecular weight excluding hydrogens is 186 g/mol. The van der Waals surface area contributed by atoms with Crippen molar-refractivity contribution in [1.82, 2.24) is 9.78 Å². The molecule has 3 heteroatoms. The first kappa shape index (κ1) is 12.2. The standard InChI is InChI=1S/C12H23N3/c1-10(2)8-11(9-13)4-5-12-6-7-14-15(12)3/h6-7,10-11H,4-5,8-9,13H2,1-3H3. The summed E-state index contributed by atoms with van der Waals surface area (Å²) in [6, 6.07) is 2.09. The highest BCUT2D eigenvalue weighted by atomic mass is 15.2. The van der Waals surface area contributed by atoms with E-state index in [1.807, 2.05) is 17.9 Å². The largest absolute Gasteiger partial charge is 0.330 e. The molecule has 0 bridgehead atoms. The van der Waals surface area contributed by atoms with Gasteiger partial charge in [-0.2, -0.15) is 5.10 Å². The van der Waals surface area contributed by atoms with Crippen LogP contribution in [0.15, 0.2) is 12.3 Å². The number of nitrogens with two attached hydrogens (primary N) is 1. The zero-order valence-electron chi connectivity index (χ0n) is 10.1. The molecule has 0 aliphatic carbocycles. The van der Waals surface area contributed by atoms with E-state index in [1.165, 1.54) is 18.5 Å². The molecule has 0 amide bonds. The third kappa shape index (κ3) is 4.04. The van der Waals surface area contributed by atoms with Crippen LogP contribution in [0, 0.1) is 11.8 Å². The van der Waals surface area contributed by atoms with Gasteiger partial charge >= 0.3 is 0 Å². The lowest BCUT2D eigenvalue weighted by Crippen LogP contribution is -2.17. The van der Waals surface area contributed by atoms with Gasteiger partial charge in [0.2, 0.25) is 0 Å². The van der Waals surface area contributed by atoms with Crippen LogP contribution in [0.5, 0.6) is 0 Å². The molecule has 0 fully saturated rings. The molecule has 1 atom stereocenters. The van der Waals surface area contributed by atoms with Gasteiger partial charge in [0.05, 0.1) is 0 Å². The van der Waals surface area contributed by atoms with E-state index in [1.54, 1.807) is 0 Å². The summed E-state index contributed by atoms with van der Waals surface area (Å²) in [6.07, 6.45) is 5.35. The summed E-state index contributed by atoms with van der Waals surface area (Å²) < 4.78 is 1.95. The van der Waals surface area contributed by atoms with Crippen molar-refractivity contribution in [3.05, 3.63) is 18.0 Å². The smallest absolute Gasteiger partial charge is 0.0492 e.